The third-order valence-corrected chi connectivity index (χ3v) is 3.68. The second-order valence-corrected chi connectivity index (χ2v) is 5.03. The monoisotopic (exact) mass is 268 g/mol. The zero-order valence-corrected chi connectivity index (χ0v) is 10.9. The van der Waals surface area contributed by atoms with E-state index >= 15 is 0 Å². The summed E-state index contributed by atoms with van der Waals surface area (Å²) in [6.07, 6.45) is 0.637. The summed E-state index contributed by atoms with van der Waals surface area (Å²) in [7, 11) is 0. The minimum Gasteiger partial charge on any atom is -0.478 e. The number of nitrogens with two attached hydrogens (primary N) is 1. The number of nitrogen functional groups attached to an aromatic ring is 1. The average Bonchev–Trinajstić information content (AvgIpc) is 2.63. The van der Waals surface area contributed by atoms with Crippen LogP contribution in [0.15, 0.2) is 12.1 Å². The Bertz CT molecular complexity index is 521. The molecule has 0 amide bonds. The number of carboxylic acid groups (broad SMARTS) is 1. The number of nitrogens with one attached hydrogen (secondary N) is 1. The minimum atomic E-state index is -1.18. The molecule has 0 radical (unpaired) electrons. The average molecular weight is 268 g/mol. The third kappa shape index (κ3) is 2.49. The number of halogens is 1. The standard InChI is InChI=1S/C13H17FN2O3/c1-7-13(2,3-4-19-7)16-11-5-8(12(17)18)10(15)6-9(11)14/h5-7,16H,3-4,15H2,1-2H3,(H,17,18). The van der Waals surface area contributed by atoms with E-state index in [1.807, 2.05) is 13.8 Å². The fourth-order valence-corrected chi connectivity index (χ4v) is 2.18. The van der Waals surface area contributed by atoms with Crippen molar-refractivity contribution in [1.82, 2.24) is 0 Å². The van der Waals surface area contributed by atoms with Crippen molar-refractivity contribution in [3.63, 3.8) is 0 Å². The Hall–Kier alpha value is -1.82. The first-order valence-corrected chi connectivity index (χ1v) is 6.05. The van der Waals surface area contributed by atoms with Crippen LogP contribution in [0.25, 0.3) is 0 Å². The minimum absolute atomic E-state index is 0.0854. The lowest BCUT2D eigenvalue weighted by Gasteiger charge is -2.30. The number of anilines is 2. The zero-order chi connectivity index (χ0) is 14.2. The summed E-state index contributed by atoms with van der Waals surface area (Å²) in [6, 6.07) is 2.25. The summed E-state index contributed by atoms with van der Waals surface area (Å²) < 4.78 is 19.3. The lowest BCUT2D eigenvalue weighted by atomic mass is 9.94. The van der Waals surface area contributed by atoms with Crippen LogP contribution in [0, 0.1) is 5.82 Å². The van der Waals surface area contributed by atoms with Crippen LogP contribution in [0.1, 0.15) is 30.6 Å². The van der Waals surface area contributed by atoms with E-state index in [9.17, 15) is 9.18 Å². The van der Waals surface area contributed by atoms with Crippen molar-refractivity contribution in [3.05, 3.63) is 23.5 Å². The highest BCUT2D eigenvalue weighted by molar-refractivity contribution is 5.94. The predicted molar refractivity (Wildman–Crippen MR) is 69.8 cm³/mol. The Morgan fingerprint density at radius 3 is 2.84 bits per heavy atom. The molecule has 104 valence electrons. The summed E-state index contributed by atoms with van der Waals surface area (Å²) in [5.41, 5.74) is 4.99. The van der Waals surface area contributed by atoms with Gasteiger partial charge >= 0.3 is 5.97 Å². The van der Waals surface area contributed by atoms with Gasteiger partial charge in [-0.05, 0) is 32.4 Å². The van der Waals surface area contributed by atoms with Crippen LogP contribution < -0.4 is 11.1 Å². The molecule has 5 nitrogen and oxygen atoms in total. The van der Waals surface area contributed by atoms with E-state index < -0.39 is 17.3 Å². The predicted octanol–water partition coefficient (Wildman–Crippen LogP) is 2.09. The van der Waals surface area contributed by atoms with Crippen LogP contribution >= 0.6 is 0 Å². The summed E-state index contributed by atoms with van der Waals surface area (Å²) in [5.74, 6) is -1.75. The Morgan fingerprint density at radius 1 is 1.63 bits per heavy atom. The van der Waals surface area contributed by atoms with Gasteiger partial charge in [0.25, 0.3) is 0 Å². The molecule has 19 heavy (non-hydrogen) atoms. The third-order valence-electron chi connectivity index (χ3n) is 3.68. The first-order valence-electron chi connectivity index (χ1n) is 6.05. The highest BCUT2D eigenvalue weighted by atomic mass is 19.1. The highest BCUT2D eigenvalue weighted by Gasteiger charge is 2.37. The topological polar surface area (TPSA) is 84.6 Å². The zero-order valence-electron chi connectivity index (χ0n) is 10.9. The molecule has 0 spiro atoms. The van der Waals surface area contributed by atoms with Gasteiger partial charge in [0.1, 0.15) is 5.82 Å². The van der Waals surface area contributed by atoms with Crippen molar-refractivity contribution in [2.45, 2.75) is 31.9 Å². The molecule has 4 N–H and O–H groups in total. The van der Waals surface area contributed by atoms with Gasteiger partial charge in [0.15, 0.2) is 0 Å². The lowest BCUT2D eigenvalue weighted by molar-refractivity contribution is 0.0698. The second kappa shape index (κ2) is 4.70. The molecule has 1 fully saturated rings. The Balaban J connectivity index is 2.35. The van der Waals surface area contributed by atoms with Gasteiger partial charge in [0, 0.05) is 12.3 Å². The van der Waals surface area contributed by atoms with Crippen LogP contribution in [0.2, 0.25) is 0 Å². The molecule has 0 aromatic heterocycles. The number of aromatic carboxylic acids is 1. The van der Waals surface area contributed by atoms with Crippen molar-refractivity contribution in [1.29, 1.82) is 0 Å². The molecule has 1 saturated heterocycles. The molecule has 0 bridgehead atoms. The fraction of sp³-hybridized carbons (Fsp3) is 0.462. The Morgan fingerprint density at radius 2 is 2.32 bits per heavy atom. The second-order valence-electron chi connectivity index (χ2n) is 5.03. The quantitative estimate of drug-likeness (QED) is 0.731. The van der Waals surface area contributed by atoms with Crippen molar-refractivity contribution in [3.8, 4) is 0 Å². The number of benzene rings is 1. The maximum atomic E-state index is 13.9. The molecular formula is C13H17FN2O3. The van der Waals surface area contributed by atoms with Crippen LogP contribution in [0.3, 0.4) is 0 Å². The van der Waals surface area contributed by atoms with E-state index in [0.717, 1.165) is 12.5 Å². The van der Waals surface area contributed by atoms with Gasteiger partial charge in [0.05, 0.1) is 22.9 Å². The molecule has 1 aliphatic heterocycles. The maximum Gasteiger partial charge on any atom is 0.337 e. The van der Waals surface area contributed by atoms with Crippen molar-refractivity contribution >= 4 is 17.3 Å². The first-order chi connectivity index (χ1) is 8.83. The molecular weight excluding hydrogens is 251 g/mol. The van der Waals surface area contributed by atoms with Gasteiger partial charge in [-0.2, -0.15) is 0 Å². The van der Waals surface area contributed by atoms with Crippen molar-refractivity contribution < 1.29 is 19.0 Å². The van der Waals surface area contributed by atoms with E-state index in [1.54, 1.807) is 0 Å². The van der Waals surface area contributed by atoms with Gasteiger partial charge in [-0.25, -0.2) is 9.18 Å². The van der Waals surface area contributed by atoms with Gasteiger partial charge < -0.3 is 20.9 Å². The number of carbonyl (C=O) groups is 1. The number of ether oxygens (including phenoxy) is 1. The lowest BCUT2D eigenvalue weighted by Crippen LogP contribution is -2.41. The SMILES string of the molecule is CC1OCCC1(C)Nc1cc(C(=O)O)c(N)cc1F. The molecule has 1 aliphatic rings. The van der Waals surface area contributed by atoms with E-state index in [-0.39, 0.29) is 23.0 Å². The number of hydrogen-bond acceptors (Lipinski definition) is 4. The summed E-state index contributed by atoms with van der Waals surface area (Å²) >= 11 is 0. The largest absolute Gasteiger partial charge is 0.478 e. The summed E-state index contributed by atoms with van der Waals surface area (Å²) in [5, 5.41) is 12.0. The van der Waals surface area contributed by atoms with Gasteiger partial charge in [-0.1, -0.05) is 0 Å². The molecule has 1 aromatic carbocycles. The number of hydrogen-bond donors (Lipinski definition) is 3. The first kappa shape index (κ1) is 13.6. The van der Waals surface area contributed by atoms with E-state index in [4.69, 9.17) is 15.6 Å². The van der Waals surface area contributed by atoms with Crippen LogP contribution in [0.5, 0.6) is 0 Å². The van der Waals surface area contributed by atoms with Crippen LogP contribution in [-0.2, 0) is 4.74 Å². The fourth-order valence-electron chi connectivity index (χ4n) is 2.18. The highest BCUT2D eigenvalue weighted by Crippen LogP contribution is 2.32. The molecule has 2 atom stereocenters. The smallest absolute Gasteiger partial charge is 0.337 e. The number of carboxylic acids is 1. The molecule has 1 aromatic rings. The summed E-state index contributed by atoms with van der Waals surface area (Å²) in [4.78, 5) is 11.0. The van der Waals surface area contributed by atoms with E-state index in [1.165, 1.54) is 6.07 Å². The van der Waals surface area contributed by atoms with Gasteiger partial charge in [0.2, 0.25) is 0 Å². The van der Waals surface area contributed by atoms with E-state index in [0.29, 0.717) is 6.61 Å². The maximum absolute atomic E-state index is 13.9. The van der Waals surface area contributed by atoms with Gasteiger partial charge in [-0.3, -0.25) is 0 Å². The van der Waals surface area contributed by atoms with Gasteiger partial charge in [-0.15, -0.1) is 0 Å². The molecule has 0 saturated carbocycles. The van der Waals surface area contributed by atoms with Crippen molar-refractivity contribution in [2.24, 2.45) is 0 Å². The van der Waals surface area contributed by atoms with Crippen molar-refractivity contribution in [2.75, 3.05) is 17.7 Å². The van der Waals surface area contributed by atoms with Crippen LogP contribution in [-0.4, -0.2) is 29.3 Å². The van der Waals surface area contributed by atoms with E-state index in [2.05, 4.69) is 5.32 Å². The molecule has 2 unspecified atom stereocenters. The Kier molecular flexibility index (Phi) is 3.36. The molecule has 2 rings (SSSR count). The molecule has 0 aliphatic carbocycles. The Labute approximate surface area is 110 Å². The molecule has 1 heterocycles. The number of rotatable bonds is 3. The summed E-state index contributed by atoms with van der Waals surface area (Å²) in [6.45, 7) is 4.40. The normalized spacial score (nSPS) is 26.4. The van der Waals surface area contributed by atoms with Crippen LogP contribution in [0.4, 0.5) is 15.8 Å². The molecule has 6 heteroatoms.